The van der Waals surface area contributed by atoms with E-state index < -0.39 is 17.7 Å². The minimum absolute atomic E-state index is 0.183. The Kier molecular flexibility index (Phi) is 6.29. The second-order valence-electron chi connectivity index (χ2n) is 6.67. The van der Waals surface area contributed by atoms with Gasteiger partial charge >= 0.3 is 0 Å². The summed E-state index contributed by atoms with van der Waals surface area (Å²) in [5.74, 6) is -1.47. The van der Waals surface area contributed by atoms with Crippen molar-refractivity contribution in [1.82, 2.24) is 10.2 Å². The van der Waals surface area contributed by atoms with Crippen LogP contribution >= 0.6 is 11.6 Å². The Balaban J connectivity index is 1.50. The zero-order valence-corrected chi connectivity index (χ0v) is 15.8. The number of hydrogen-bond acceptors (Lipinski definition) is 3. The van der Waals surface area contributed by atoms with E-state index in [1.807, 2.05) is 24.3 Å². The van der Waals surface area contributed by atoms with E-state index in [9.17, 15) is 13.6 Å². The van der Waals surface area contributed by atoms with Gasteiger partial charge in [-0.2, -0.15) is 0 Å². The summed E-state index contributed by atoms with van der Waals surface area (Å²) in [4.78, 5) is 16.5. The van der Waals surface area contributed by atoms with Gasteiger partial charge in [-0.05, 0) is 25.1 Å². The molecular formula is C20H22ClF2N3O. The molecule has 0 saturated carbocycles. The molecule has 2 aromatic carbocycles. The van der Waals surface area contributed by atoms with Crippen molar-refractivity contribution < 1.29 is 13.6 Å². The summed E-state index contributed by atoms with van der Waals surface area (Å²) < 4.78 is 26.8. The number of para-hydroxylation sites is 1. The molecule has 0 aliphatic carbocycles. The average Bonchev–Trinajstić information content (AvgIpc) is 2.62. The number of hydrogen-bond donors (Lipinski definition) is 1. The summed E-state index contributed by atoms with van der Waals surface area (Å²) in [6.45, 7) is 4.95. The van der Waals surface area contributed by atoms with Crippen molar-refractivity contribution in [1.29, 1.82) is 0 Å². The molecule has 1 amide bonds. The summed E-state index contributed by atoms with van der Waals surface area (Å²) in [5.41, 5.74) is 1.27. The first kappa shape index (κ1) is 19.6. The molecule has 1 saturated heterocycles. The van der Waals surface area contributed by atoms with Crippen LogP contribution in [0.15, 0.2) is 42.5 Å². The van der Waals surface area contributed by atoms with Crippen LogP contribution in [0.2, 0.25) is 5.02 Å². The second-order valence-corrected chi connectivity index (χ2v) is 7.08. The van der Waals surface area contributed by atoms with Crippen molar-refractivity contribution in [3.8, 4) is 0 Å². The van der Waals surface area contributed by atoms with Crippen LogP contribution in [0.4, 0.5) is 14.5 Å². The normalized spacial score (nSPS) is 16.2. The molecule has 1 atom stereocenters. The number of nitrogens with one attached hydrogen (secondary N) is 1. The predicted molar refractivity (Wildman–Crippen MR) is 103 cm³/mol. The van der Waals surface area contributed by atoms with E-state index in [-0.39, 0.29) is 18.0 Å². The van der Waals surface area contributed by atoms with Gasteiger partial charge in [0, 0.05) is 37.8 Å². The molecule has 4 nitrogen and oxygen atoms in total. The third-order valence-corrected chi connectivity index (χ3v) is 5.06. The smallest absolute Gasteiger partial charge is 0.234 e. The monoisotopic (exact) mass is 393 g/mol. The number of carbonyl (C=O) groups excluding carboxylic acids is 1. The van der Waals surface area contributed by atoms with Gasteiger partial charge in [0.2, 0.25) is 5.91 Å². The van der Waals surface area contributed by atoms with Gasteiger partial charge in [-0.25, -0.2) is 8.78 Å². The standard InChI is InChI=1S/C20H22ClF2N3O/c1-14(16-7-6-15(22)12-18(16)23)24-20(27)13-25-8-10-26(11-9-25)19-5-3-2-4-17(19)21/h2-7,12,14H,8-11,13H2,1H3,(H,24,27)/t14-/m0/s1. The van der Waals surface area contributed by atoms with Crippen LogP contribution in [0.1, 0.15) is 18.5 Å². The summed E-state index contributed by atoms with van der Waals surface area (Å²) in [7, 11) is 0. The number of nitrogens with zero attached hydrogens (tertiary/aromatic N) is 2. The molecule has 1 heterocycles. The third-order valence-electron chi connectivity index (χ3n) is 4.74. The number of amides is 1. The SMILES string of the molecule is C[C@H](NC(=O)CN1CCN(c2ccccc2Cl)CC1)c1ccc(F)cc1F. The maximum Gasteiger partial charge on any atom is 0.234 e. The fourth-order valence-electron chi connectivity index (χ4n) is 3.28. The number of piperazine rings is 1. The summed E-state index contributed by atoms with van der Waals surface area (Å²) in [5, 5.41) is 3.50. The fraction of sp³-hybridized carbons (Fsp3) is 0.350. The molecule has 1 aliphatic rings. The van der Waals surface area contributed by atoms with Gasteiger partial charge in [-0.15, -0.1) is 0 Å². The molecule has 1 fully saturated rings. The fourth-order valence-corrected chi connectivity index (χ4v) is 3.53. The lowest BCUT2D eigenvalue weighted by Crippen LogP contribution is -2.49. The van der Waals surface area contributed by atoms with Gasteiger partial charge in [0.15, 0.2) is 0 Å². The largest absolute Gasteiger partial charge is 0.368 e. The molecule has 0 bridgehead atoms. The van der Waals surface area contributed by atoms with Gasteiger partial charge < -0.3 is 10.2 Å². The van der Waals surface area contributed by atoms with Crippen LogP contribution in [0, 0.1) is 11.6 Å². The number of rotatable bonds is 5. The van der Waals surface area contributed by atoms with E-state index in [1.54, 1.807) is 6.92 Å². The summed E-state index contributed by atoms with van der Waals surface area (Å²) in [6, 6.07) is 10.6. The van der Waals surface area contributed by atoms with Crippen molar-refractivity contribution in [2.45, 2.75) is 13.0 Å². The molecule has 1 N–H and O–H groups in total. The third kappa shape index (κ3) is 4.96. The van der Waals surface area contributed by atoms with Crippen molar-refractivity contribution >= 4 is 23.2 Å². The van der Waals surface area contributed by atoms with E-state index in [1.165, 1.54) is 12.1 Å². The van der Waals surface area contributed by atoms with Crippen molar-refractivity contribution in [3.05, 3.63) is 64.7 Å². The van der Waals surface area contributed by atoms with E-state index in [0.29, 0.717) is 0 Å². The zero-order valence-electron chi connectivity index (χ0n) is 15.1. The first-order valence-electron chi connectivity index (χ1n) is 8.90. The molecule has 3 rings (SSSR count). The molecule has 144 valence electrons. The summed E-state index contributed by atoms with van der Waals surface area (Å²) >= 11 is 6.24. The van der Waals surface area contributed by atoms with E-state index in [0.717, 1.165) is 43.0 Å². The van der Waals surface area contributed by atoms with Crippen LogP contribution in [0.5, 0.6) is 0 Å². The average molecular weight is 394 g/mol. The molecule has 0 radical (unpaired) electrons. The Morgan fingerprint density at radius 1 is 1.15 bits per heavy atom. The predicted octanol–water partition coefficient (Wildman–Crippen LogP) is 3.62. The zero-order chi connectivity index (χ0) is 19.4. The Morgan fingerprint density at radius 2 is 1.85 bits per heavy atom. The van der Waals surface area contributed by atoms with Crippen LogP contribution < -0.4 is 10.2 Å². The lowest BCUT2D eigenvalue weighted by molar-refractivity contribution is -0.123. The number of halogens is 3. The number of anilines is 1. The molecule has 2 aromatic rings. The lowest BCUT2D eigenvalue weighted by Gasteiger charge is -2.36. The number of benzene rings is 2. The second kappa shape index (κ2) is 8.67. The van der Waals surface area contributed by atoms with Crippen LogP contribution in [-0.4, -0.2) is 43.5 Å². The van der Waals surface area contributed by atoms with Crippen LogP contribution in [-0.2, 0) is 4.79 Å². The quantitative estimate of drug-likeness (QED) is 0.842. The maximum absolute atomic E-state index is 13.8. The molecule has 7 heteroatoms. The minimum Gasteiger partial charge on any atom is -0.368 e. The highest BCUT2D eigenvalue weighted by Crippen LogP contribution is 2.26. The van der Waals surface area contributed by atoms with Crippen molar-refractivity contribution in [2.24, 2.45) is 0 Å². The Labute approximate surface area is 162 Å². The van der Waals surface area contributed by atoms with Crippen LogP contribution in [0.25, 0.3) is 0 Å². The maximum atomic E-state index is 13.8. The Morgan fingerprint density at radius 3 is 2.52 bits per heavy atom. The van der Waals surface area contributed by atoms with Gasteiger partial charge in [0.05, 0.1) is 23.3 Å². The molecule has 27 heavy (non-hydrogen) atoms. The van der Waals surface area contributed by atoms with E-state index in [2.05, 4.69) is 15.1 Å². The number of carbonyl (C=O) groups is 1. The Hall–Kier alpha value is -2.18. The van der Waals surface area contributed by atoms with E-state index in [4.69, 9.17) is 11.6 Å². The lowest BCUT2D eigenvalue weighted by atomic mass is 10.1. The van der Waals surface area contributed by atoms with E-state index >= 15 is 0 Å². The molecule has 1 aliphatic heterocycles. The molecule has 0 aromatic heterocycles. The first-order valence-corrected chi connectivity index (χ1v) is 9.28. The van der Waals surface area contributed by atoms with Gasteiger partial charge in [0.25, 0.3) is 0 Å². The van der Waals surface area contributed by atoms with Gasteiger partial charge in [-0.1, -0.05) is 29.8 Å². The minimum atomic E-state index is -0.656. The van der Waals surface area contributed by atoms with Crippen molar-refractivity contribution in [2.75, 3.05) is 37.6 Å². The molecular weight excluding hydrogens is 372 g/mol. The van der Waals surface area contributed by atoms with Gasteiger partial charge in [0.1, 0.15) is 11.6 Å². The van der Waals surface area contributed by atoms with Crippen LogP contribution in [0.3, 0.4) is 0 Å². The van der Waals surface area contributed by atoms with Crippen molar-refractivity contribution in [3.63, 3.8) is 0 Å². The topological polar surface area (TPSA) is 35.6 Å². The summed E-state index contributed by atoms with van der Waals surface area (Å²) in [6.07, 6.45) is 0. The first-order chi connectivity index (χ1) is 12.9. The Bertz CT molecular complexity index is 810. The molecule has 0 spiro atoms. The molecule has 0 unspecified atom stereocenters. The highest BCUT2D eigenvalue weighted by atomic mass is 35.5. The highest BCUT2D eigenvalue weighted by Gasteiger charge is 2.21. The van der Waals surface area contributed by atoms with Gasteiger partial charge in [-0.3, -0.25) is 9.69 Å². The highest BCUT2D eigenvalue weighted by molar-refractivity contribution is 6.33.